The van der Waals surface area contributed by atoms with Gasteiger partial charge in [0.05, 0.1) is 11.4 Å². The second kappa shape index (κ2) is 7.24. The maximum absolute atomic E-state index is 4.81. The lowest BCUT2D eigenvalue weighted by atomic mass is 10.0. The molecule has 1 aliphatic rings. The van der Waals surface area contributed by atoms with Gasteiger partial charge in [0, 0.05) is 74.8 Å². The number of piperazine rings is 1. The molecule has 4 aromatic rings. The first-order valence-electron chi connectivity index (χ1n) is 10.1. The molecule has 5 nitrogen and oxygen atoms in total. The SMILES string of the molecule is Cc1cc2ccn(C)c2cc1-c1ncccc1N1CCN(c2ccncc2)CC1. The minimum absolute atomic E-state index is 0.979. The number of anilines is 2. The largest absolute Gasteiger partial charge is 0.368 e. The van der Waals surface area contributed by atoms with Crippen molar-refractivity contribution in [2.75, 3.05) is 36.0 Å². The molecule has 0 amide bonds. The summed E-state index contributed by atoms with van der Waals surface area (Å²) in [5.74, 6) is 0. The van der Waals surface area contributed by atoms with Crippen LogP contribution in [0.1, 0.15) is 5.56 Å². The molecule has 5 rings (SSSR count). The van der Waals surface area contributed by atoms with Crippen molar-refractivity contribution in [1.82, 2.24) is 14.5 Å². The molecule has 3 aromatic heterocycles. The summed E-state index contributed by atoms with van der Waals surface area (Å²) < 4.78 is 2.17. The van der Waals surface area contributed by atoms with Gasteiger partial charge in [0.15, 0.2) is 0 Å². The molecule has 0 bridgehead atoms. The first-order chi connectivity index (χ1) is 14.2. The van der Waals surface area contributed by atoms with Crippen LogP contribution in [0.4, 0.5) is 11.4 Å². The summed E-state index contributed by atoms with van der Waals surface area (Å²) in [6.45, 7) is 6.13. The zero-order chi connectivity index (χ0) is 19.8. The van der Waals surface area contributed by atoms with E-state index in [0.29, 0.717) is 0 Å². The molecule has 1 aromatic carbocycles. The highest BCUT2D eigenvalue weighted by Crippen LogP contribution is 2.34. The number of aryl methyl sites for hydroxylation is 2. The van der Waals surface area contributed by atoms with E-state index in [-0.39, 0.29) is 0 Å². The molecule has 0 atom stereocenters. The quantitative estimate of drug-likeness (QED) is 0.529. The molecular weight excluding hydrogens is 358 g/mol. The van der Waals surface area contributed by atoms with Crippen LogP contribution in [0.3, 0.4) is 0 Å². The van der Waals surface area contributed by atoms with Crippen LogP contribution in [-0.2, 0) is 7.05 Å². The minimum atomic E-state index is 0.979. The fourth-order valence-corrected chi connectivity index (χ4v) is 4.31. The van der Waals surface area contributed by atoms with Crippen LogP contribution in [-0.4, -0.2) is 40.7 Å². The second-order valence-corrected chi connectivity index (χ2v) is 7.70. The van der Waals surface area contributed by atoms with Gasteiger partial charge in [0.2, 0.25) is 0 Å². The lowest BCUT2D eigenvalue weighted by Gasteiger charge is -2.38. The number of pyridine rings is 2. The van der Waals surface area contributed by atoms with Crippen molar-refractivity contribution in [3.05, 3.63) is 72.8 Å². The highest BCUT2D eigenvalue weighted by atomic mass is 15.3. The van der Waals surface area contributed by atoms with Crippen molar-refractivity contribution in [2.24, 2.45) is 7.05 Å². The van der Waals surface area contributed by atoms with Crippen molar-refractivity contribution in [3.63, 3.8) is 0 Å². The Morgan fingerprint density at radius 3 is 2.41 bits per heavy atom. The van der Waals surface area contributed by atoms with Crippen molar-refractivity contribution >= 4 is 22.3 Å². The monoisotopic (exact) mass is 383 g/mol. The molecule has 29 heavy (non-hydrogen) atoms. The van der Waals surface area contributed by atoms with Crippen molar-refractivity contribution in [3.8, 4) is 11.3 Å². The van der Waals surface area contributed by atoms with Gasteiger partial charge < -0.3 is 14.4 Å². The normalized spacial score (nSPS) is 14.6. The average molecular weight is 383 g/mol. The smallest absolute Gasteiger partial charge is 0.0938 e. The Balaban J connectivity index is 1.47. The zero-order valence-electron chi connectivity index (χ0n) is 16.9. The van der Waals surface area contributed by atoms with E-state index >= 15 is 0 Å². The highest BCUT2D eigenvalue weighted by Gasteiger charge is 2.21. The Morgan fingerprint density at radius 2 is 1.62 bits per heavy atom. The van der Waals surface area contributed by atoms with Crippen molar-refractivity contribution in [2.45, 2.75) is 6.92 Å². The first-order valence-corrected chi connectivity index (χ1v) is 10.1. The van der Waals surface area contributed by atoms with Gasteiger partial charge in [-0.25, -0.2) is 0 Å². The molecular formula is C24H25N5. The molecule has 5 heteroatoms. The molecule has 146 valence electrons. The number of aromatic nitrogens is 3. The Kier molecular flexibility index (Phi) is 4.43. The standard InChI is InChI=1S/C24H25N5/c1-18-16-19-7-11-27(2)23(19)17-21(18)24-22(4-3-8-26-24)29-14-12-28(13-15-29)20-5-9-25-10-6-20/h3-11,16-17H,12-15H2,1-2H3. The van der Waals surface area contributed by atoms with Crippen LogP contribution in [0.2, 0.25) is 0 Å². The fourth-order valence-electron chi connectivity index (χ4n) is 4.31. The van der Waals surface area contributed by atoms with E-state index in [1.807, 2.05) is 24.7 Å². The van der Waals surface area contributed by atoms with Crippen LogP contribution >= 0.6 is 0 Å². The van der Waals surface area contributed by atoms with Crippen LogP contribution < -0.4 is 9.80 Å². The summed E-state index contributed by atoms with van der Waals surface area (Å²) >= 11 is 0. The third-order valence-electron chi connectivity index (χ3n) is 5.92. The van der Waals surface area contributed by atoms with Gasteiger partial charge in [0.1, 0.15) is 0 Å². The molecule has 1 aliphatic heterocycles. The van der Waals surface area contributed by atoms with Gasteiger partial charge in [0.25, 0.3) is 0 Å². The van der Waals surface area contributed by atoms with Crippen LogP contribution in [0.25, 0.3) is 22.2 Å². The van der Waals surface area contributed by atoms with Gasteiger partial charge >= 0.3 is 0 Å². The Bertz CT molecular complexity index is 1140. The molecule has 0 unspecified atom stereocenters. The van der Waals surface area contributed by atoms with E-state index in [0.717, 1.165) is 31.9 Å². The first kappa shape index (κ1) is 17.7. The summed E-state index contributed by atoms with van der Waals surface area (Å²) in [5, 5.41) is 1.28. The van der Waals surface area contributed by atoms with E-state index in [4.69, 9.17) is 4.98 Å². The van der Waals surface area contributed by atoms with E-state index < -0.39 is 0 Å². The van der Waals surface area contributed by atoms with Gasteiger partial charge in [-0.3, -0.25) is 9.97 Å². The fraction of sp³-hybridized carbons (Fsp3) is 0.250. The third-order valence-corrected chi connectivity index (χ3v) is 5.92. The molecule has 1 saturated heterocycles. The molecule has 0 radical (unpaired) electrons. The van der Waals surface area contributed by atoms with Gasteiger partial charge in [-0.1, -0.05) is 0 Å². The zero-order valence-corrected chi connectivity index (χ0v) is 16.9. The predicted octanol–water partition coefficient (Wildman–Crippen LogP) is 4.27. The Labute approximate surface area is 171 Å². The molecule has 1 fully saturated rings. The van der Waals surface area contributed by atoms with Crippen molar-refractivity contribution in [1.29, 1.82) is 0 Å². The Hall–Kier alpha value is -3.34. The number of fused-ring (bicyclic) bond motifs is 1. The maximum Gasteiger partial charge on any atom is 0.0938 e. The minimum Gasteiger partial charge on any atom is -0.368 e. The summed E-state index contributed by atoms with van der Waals surface area (Å²) in [4.78, 5) is 13.8. The van der Waals surface area contributed by atoms with Crippen LogP contribution in [0.5, 0.6) is 0 Å². The predicted molar refractivity (Wildman–Crippen MR) is 120 cm³/mol. The van der Waals surface area contributed by atoms with E-state index in [1.165, 1.54) is 33.4 Å². The maximum atomic E-state index is 4.81. The number of hydrogen-bond acceptors (Lipinski definition) is 4. The number of nitrogens with zero attached hydrogens (tertiary/aromatic N) is 5. The Morgan fingerprint density at radius 1 is 0.862 bits per heavy atom. The summed E-state index contributed by atoms with van der Waals surface area (Å²) in [6.07, 6.45) is 7.75. The van der Waals surface area contributed by atoms with Gasteiger partial charge in [-0.2, -0.15) is 0 Å². The van der Waals surface area contributed by atoms with E-state index in [9.17, 15) is 0 Å². The van der Waals surface area contributed by atoms with Crippen LogP contribution in [0, 0.1) is 6.92 Å². The van der Waals surface area contributed by atoms with E-state index in [1.54, 1.807) is 0 Å². The highest BCUT2D eigenvalue weighted by molar-refractivity contribution is 5.89. The summed E-state index contributed by atoms with van der Waals surface area (Å²) in [7, 11) is 2.10. The number of rotatable bonds is 3. The topological polar surface area (TPSA) is 37.2 Å². The van der Waals surface area contributed by atoms with Crippen molar-refractivity contribution < 1.29 is 0 Å². The number of hydrogen-bond donors (Lipinski definition) is 0. The average Bonchev–Trinajstić information content (AvgIpc) is 3.13. The molecule has 0 aliphatic carbocycles. The number of benzene rings is 1. The molecule has 4 heterocycles. The molecule has 0 saturated carbocycles. The lowest BCUT2D eigenvalue weighted by Crippen LogP contribution is -2.46. The van der Waals surface area contributed by atoms with Gasteiger partial charge in [-0.15, -0.1) is 0 Å². The summed E-state index contributed by atoms with van der Waals surface area (Å²) in [6, 6.07) is 15.1. The summed E-state index contributed by atoms with van der Waals surface area (Å²) in [5.41, 5.74) is 7.26. The third kappa shape index (κ3) is 3.23. The van der Waals surface area contributed by atoms with Crippen LogP contribution in [0.15, 0.2) is 67.3 Å². The van der Waals surface area contributed by atoms with E-state index in [2.05, 4.69) is 75.9 Å². The molecule has 0 N–H and O–H groups in total. The second-order valence-electron chi connectivity index (χ2n) is 7.70. The van der Waals surface area contributed by atoms with Gasteiger partial charge in [-0.05, 0) is 60.3 Å². The molecule has 0 spiro atoms. The lowest BCUT2D eigenvalue weighted by molar-refractivity contribution is 0.653.